The van der Waals surface area contributed by atoms with Crippen molar-refractivity contribution in [3.05, 3.63) is 42.0 Å². The molecule has 1 aromatic rings. The topological polar surface area (TPSA) is 22.9 Å². The first-order valence-electron chi connectivity index (χ1n) is 7.95. The molecule has 0 radical (unpaired) electrons. The van der Waals surface area contributed by atoms with E-state index < -0.39 is 0 Å². The number of quaternary nitrogens is 1. The standard InChI is InChI=1S/C18H29NO2/c1-5-8-17-15-16(4)9-10-18(17)21-14-13-20-12-11-19(6-2)7-3/h5,9-10,15H,1,6-8,11-14H2,2-4H3/p+1. The maximum Gasteiger partial charge on any atom is 0.122 e. The normalized spacial score (nSPS) is 10.9. The summed E-state index contributed by atoms with van der Waals surface area (Å²) in [5, 5.41) is 0. The molecule has 0 fully saturated rings. The van der Waals surface area contributed by atoms with Gasteiger partial charge in [0.2, 0.25) is 0 Å². The van der Waals surface area contributed by atoms with Gasteiger partial charge < -0.3 is 14.4 Å². The molecule has 118 valence electrons. The highest BCUT2D eigenvalue weighted by atomic mass is 16.5. The zero-order chi connectivity index (χ0) is 15.5. The molecule has 3 nitrogen and oxygen atoms in total. The van der Waals surface area contributed by atoms with Crippen molar-refractivity contribution >= 4 is 0 Å². The zero-order valence-electron chi connectivity index (χ0n) is 13.8. The van der Waals surface area contributed by atoms with E-state index in [1.807, 2.05) is 12.1 Å². The molecule has 21 heavy (non-hydrogen) atoms. The molecule has 0 aliphatic rings. The maximum absolute atomic E-state index is 5.82. The third kappa shape index (κ3) is 6.78. The summed E-state index contributed by atoms with van der Waals surface area (Å²) in [4.78, 5) is 1.57. The molecule has 1 aromatic carbocycles. The molecule has 0 saturated heterocycles. The van der Waals surface area contributed by atoms with Crippen LogP contribution >= 0.6 is 0 Å². The molecule has 0 unspecified atom stereocenters. The Labute approximate surface area is 129 Å². The van der Waals surface area contributed by atoms with E-state index in [1.165, 1.54) is 11.1 Å². The summed E-state index contributed by atoms with van der Waals surface area (Å²) >= 11 is 0. The van der Waals surface area contributed by atoms with Crippen molar-refractivity contribution in [1.82, 2.24) is 0 Å². The lowest BCUT2D eigenvalue weighted by Gasteiger charge is -2.15. The Hall–Kier alpha value is -1.32. The van der Waals surface area contributed by atoms with Crippen LogP contribution in [0.2, 0.25) is 0 Å². The lowest BCUT2D eigenvalue weighted by molar-refractivity contribution is -0.896. The van der Waals surface area contributed by atoms with Gasteiger partial charge in [-0.3, -0.25) is 0 Å². The molecule has 0 aromatic heterocycles. The summed E-state index contributed by atoms with van der Waals surface area (Å²) in [5.41, 5.74) is 2.44. The molecule has 0 atom stereocenters. The second kappa shape index (κ2) is 10.4. The van der Waals surface area contributed by atoms with Crippen molar-refractivity contribution in [3.63, 3.8) is 0 Å². The fourth-order valence-electron chi connectivity index (χ4n) is 2.30. The highest BCUT2D eigenvalue weighted by Crippen LogP contribution is 2.20. The number of aryl methyl sites for hydroxylation is 1. The average Bonchev–Trinajstić information content (AvgIpc) is 2.49. The van der Waals surface area contributed by atoms with Gasteiger partial charge in [0.1, 0.15) is 18.9 Å². The minimum Gasteiger partial charge on any atom is -0.491 e. The summed E-state index contributed by atoms with van der Waals surface area (Å²) in [6.07, 6.45) is 2.74. The number of hydrogen-bond donors (Lipinski definition) is 1. The Morgan fingerprint density at radius 3 is 2.57 bits per heavy atom. The summed E-state index contributed by atoms with van der Waals surface area (Å²) < 4.78 is 11.5. The Bertz CT molecular complexity index is 414. The van der Waals surface area contributed by atoms with Gasteiger partial charge in [0.25, 0.3) is 0 Å². The molecule has 3 heteroatoms. The number of nitrogens with one attached hydrogen (secondary N) is 1. The van der Waals surface area contributed by atoms with Crippen LogP contribution < -0.4 is 9.64 Å². The van der Waals surface area contributed by atoms with Crippen molar-refractivity contribution in [3.8, 4) is 5.75 Å². The Morgan fingerprint density at radius 2 is 1.90 bits per heavy atom. The molecule has 0 heterocycles. The number of likely N-dealkylation sites (N-methyl/N-ethyl adjacent to an activating group) is 1. The van der Waals surface area contributed by atoms with Crippen LogP contribution in [0.15, 0.2) is 30.9 Å². The van der Waals surface area contributed by atoms with Gasteiger partial charge in [-0.2, -0.15) is 0 Å². The molecule has 0 saturated carbocycles. The van der Waals surface area contributed by atoms with Crippen LogP contribution in [0.5, 0.6) is 5.75 Å². The molecule has 1 N–H and O–H groups in total. The van der Waals surface area contributed by atoms with E-state index in [1.54, 1.807) is 4.90 Å². The largest absolute Gasteiger partial charge is 0.491 e. The molecule has 0 aliphatic heterocycles. The monoisotopic (exact) mass is 292 g/mol. The van der Waals surface area contributed by atoms with E-state index in [4.69, 9.17) is 9.47 Å². The number of ether oxygens (including phenoxy) is 2. The van der Waals surface area contributed by atoms with Crippen LogP contribution in [-0.4, -0.2) is 39.5 Å². The minimum absolute atomic E-state index is 0.598. The van der Waals surface area contributed by atoms with Gasteiger partial charge in [-0.05, 0) is 38.8 Å². The molecule has 0 aliphatic carbocycles. The minimum atomic E-state index is 0.598. The van der Waals surface area contributed by atoms with E-state index in [0.717, 1.165) is 38.4 Å². The predicted molar refractivity (Wildman–Crippen MR) is 88.3 cm³/mol. The number of hydrogen-bond acceptors (Lipinski definition) is 2. The third-order valence-corrected chi connectivity index (χ3v) is 3.67. The second-order valence-electron chi connectivity index (χ2n) is 5.27. The van der Waals surface area contributed by atoms with E-state index in [9.17, 15) is 0 Å². The van der Waals surface area contributed by atoms with Crippen molar-refractivity contribution in [2.45, 2.75) is 27.2 Å². The van der Waals surface area contributed by atoms with Crippen molar-refractivity contribution in [2.75, 3.05) is 39.5 Å². The predicted octanol–water partition coefficient (Wildman–Crippen LogP) is 2.04. The third-order valence-electron chi connectivity index (χ3n) is 3.67. The quantitative estimate of drug-likeness (QED) is 0.498. The number of allylic oxidation sites excluding steroid dienone is 1. The number of rotatable bonds is 11. The van der Waals surface area contributed by atoms with Crippen molar-refractivity contribution in [1.29, 1.82) is 0 Å². The van der Waals surface area contributed by atoms with Crippen LogP contribution in [-0.2, 0) is 11.2 Å². The molecular formula is C18H30NO2+. The highest BCUT2D eigenvalue weighted by Gasteiger charge is 2.04. The highest BCUT2D eigenvalue weighted by molar-refractivity contribution is 5.38. The van der Waals surface area contributed by atoms with Crippen LogP contribution in [0, 0.1) is 6.92 Å². The molecule has 0 bridgehead atoms. The van der Waals surface area contributed by atoms with Crippen molar-refractivity contribution in [2.24, 2.45) is 0 Å². The van der Waals surface area contributed by atoms with Gasteiger partial charge in [0.15, 0.2) is 0 Å². The Morgan fingerprint density at radius 1 is 1.14 bits per heavy atom. The Kier molecular flexibility index (Phi) is 8.79. The SMILES string of the molecule is C=CCc1cc(C)ccc1OCCOCC[NH+](CC)CC. The summed E-state index contributed by atoms with van der Waals surface area (Å²) in [7, 11) is 0. The number of benzene rings is 1. The molecular weight excluding hydrogens is 262 g/mol. The van der Waals surface area contributed by atoms with Gasteiger partial charge in [-0.1, -0.05) is 23.8 Å². The first-order valence-corrected chi connectivity index (χ1v) is 7.95. The van der Waals surface area contributed by atoms with Crippen molar-refractivity contribution < 1.29 is 14.4 Å². The first kappa shape index (κ1) is 17.7. The lowest BCUT2D eigenvalue weighted by Crippen LogP contribution is -3.11. The maximum atomic E-state index is 5.82. The van der Waals surface area contributed by atoms with E-state index in [0.29, 0.717) is 13.2 Å². The second-order valence-corrected chi connectivity index (χ2v) is 5.27. The van der Waals surface area contributed by atoms with E-state index >= 15 is 0 Å². The van der Waals surface area contributed by atoms with E-state index in [2.05, 4.69) is 39.5 Å². The van der Waals surface area contributed by atoms with Gasteiger partial charge in [0, 0.05) is 0 Å². The fourth-order valence-corrected chi connectivity index (χ4v) is 2.30. The Balaban J connectivity index is 2.28. The summed E-state index contributed by atoms with van der Waals surface area (Å²) in [6.45, 7) is 15.7. The molecule has 0 spiro atoms. The van der Waals surface area contributed by atoms with E-state index in [-0.39, 0.29) is 0 Å². The lowest BCUT2D eigenvalue weighted by atomic mass is 10.1. The van der Waals surface area contributed by atoms with Crippen LogP contribution in [0.4, 0.5) is 0 Å². The smallest absolute Gasteiger partial charge is 0.122 e. The van der Waals surface area contributed by atoms with Gasteiger partial charge in [-0.15, -0.1) is 6.58 Å². The van der Waals surface area contributed by atoms with Crippen LogP contribution in [0.25, 0.3) is 0 Å². The summed E-state index contributed by atoms with van der Waals surface area (Å²) in [6, 6.07) is 6.27. The van der Waals surface area contributed by atoms with Gasteiger partial charge >= 0.3 is 0 Å². The van der Waals surface area contributed by atoms with Gasteiger partial charge in [0.05, 0.1) is 26.3 Å². The summed E-state index contributed by atoms with van der Waals surface area (Å²) in [5.74, 6) is 0.943. The molecule has 0 amide bonds. The van der Waals surface area contributed by atoms with Crippen LogP contribution in [0.3, 0.4) is 0 Å². The average molecular weight is 292 g/mol. The zero-order valence-corrected chi connectivity index (χ0v) is 13.8. The first-order chi connectivity index (χ1) is 10.2. The molecule has 1 rings (SSSR count). The fraction of sp³-hybridized carbons (Fsp3) is 0.556. The van der Waals surface area contributed by atoms with Crippen LogP contribution in [0.1, 0.15) is 25.0 Å². The van der Waals surface area contributed by atoms with Gasteiger partial charge in [-0.25, -0.2) is 0 Å².